The predicted octanol–water partition coefficient (Wildman–Crippen LogP) is 4.66. The van der Waals surface area contributed by atoms with Gasteiger partial charge in [-0.1, -0.05) is 0 Å². The van der Waals surface area contributed by atoms with Gasteiger partial charge in [-0.2, -0.15) is 0 Å². The standard InChI is InChI=1S/C19H18Br2N2O3/c1-12-9-15(20)19(16(21)10-12)26-11-17(24)22-13-4-6-14(7-5-13)23-8-2-3-18(23)25/h4-7,9-10H,2-3,8,11H2,1H3,(H,22,24). The van der Waals surface area contributed by atoms with Crippen molar-refractivity contribution in [3.63, 3.8) is 0 Å². The summed E-state index contributed by atoms with van der Waals surface area (Å²) in [5, 5.41) is 2.79. The minimum absolute atomic E-state index is 0.105. The summed E-state index contributed by atoms with van der Waals surface area (Å²) >= 11 is 6.88. The van der Waals surface area contributed by atoms with Gasteiger partial charge < -0.3 is 15.0 Å². The molecule has 0 spiro atoms. The fourth-order valence-electron chi connectivity index (χ4n) is 2.81. The lowest BCUT2D eigenvalue weighted by Crippen LogP contribution is -2.23. The molecule has 0 bridgehead atoms. The predicted molar refractivity (Wildman–Crippen MR) is 109 cm³/mol. The Morgan fingerprint density at radius 3 is 2.42 bits per heavy atom. The number of hydrogen-bond acceptors (Lipinski definition) is 3. The van der Waals surface area contributed by atoms with Crippen LogP contribution in [0.2, 0.25) is 0 Å². The molecule has 0 radical (unpaired) electrons. The van der Waals surface area contributed by atoms with Gasteiger partial charge in [0.05, 0.1) is 8.95 Å². The highest BCUT2D eigenvalue weighted by Crippen LogP contribution is 2.34. The minimum Gasteiger partial charge on any atom is -0.481 e. The van der Waals surface area contributed by atoms with Crippen LogP contribution in [0.5, 0.6) is 5.75 Å². The van der Waals surface area contributed by atoms with Gasteiger partial charge in [0, 0.05) is 24.3 Å². The summed E-state index contributed by atoms with van der Waals surface area (Å²) in [6.45, 7) is 2.62. The number of ether oxygens (including phenoxy) is 1. The Balaban J connectivity index is 1.58. The summed E-state index contributed by atoms with van der Waals surface area (Å²) in [5.74, 6) is 0.479. The number of halogens is 2. The van der Waals surface area contributed by atoms with Crippen molar-refractivity contribution in [1.82, 2.24) is 0 Å². The van der Waals surface area contributed by atoms with E-state index in [4.69, 9.17) is 4.74 Å². The van der Waals surface area contributed by atoms with Gasteiger partial charge in [-0.05, 0) is 87.2 Å². The molecular weight excluding hydrogens is 464 g/mol. The molecule has 26 heavy (non-hydrogen) atoms. The first-order chi connectivity index (χ1) is 12.4. The smallest absolute Gasteiger partial charge is 0.262 e. The fourth-order valence-corrected chi connectivity index (χ4v) is 4.45. The van der Waals surface area contributed by atoms with Gasteiger partial charge in [0.15, 0.2) is 6.61 Å². The van der Waals surface area contributed by atoms with E-state index >= 15 is 0 Å². The van der Waals surface area contributed by atoms with Crippen molar-refractivity contribution >= 4 is 55.0 Å². The Kier molecular flexibility index (Phi) is 5.98. The number of benzene rings is 2. The zero-order chi connectivity index (χ0) is 18.7. The molecule has 1 fully saturated rings. The molecule has 0 saturated carbocycles. The maximum atomic E-state index is 12.1. The molecule has 2 aromatic carbocycles. The SMILES string of the molecule is Cc1cc(Br)c(OCC(=O)Nc2ccc(N3CCCC3=O)cc2)c(Br)c1. The maximum absolute atomic E-state index is 12.1. The van der Waals surface area contributed by atoms with E-state index in [9.17, 15) is 9.59 Å². The average Bonchev–Trinajstić information content (AvgIpc) is 3.00. The highest BCUT2D eigenvalue weighted by atomic mass is 79.9. The highest BCUT2D eigenvalue weighted by Gasteiger charge is 2.21. The number of anilines is 2. The third-order valence-corrected chi connectivity index (χ3v) is 5.20. The van der Waals surface area contributed by atoms with E-state index in [-0.39, 0.29) is 18.4 Å². The van der Waals surface area contributed by atoms with Crippen LogP contribution in [0.3, 0.4) is 0 Å². The lowest BCUT2D eigenvalue weighted by atomic mass is 10.2. The highest BCUT2D eigenvalue weighted by molar-refractivity contribution is 9.11. The number of nitrogens with one attached hydrogen (secondary N) is 1. The third kappa shape index (κ3) is 4.45. The topological polar surface area (TPSA) is 58.6 Å². The molecule has 1 N–H and O–H groups in total. The van der Waals surface area contributed by atoms with Crippen molar-refractivity contribution in [2.45, 2.75) is 19.8 Å². The summed E-state index contributed by atoms with van der Waals surface area (Å²) in [5.41, 5.74) is 2.60. The van der Waals surface area contributed by atoms with Crippen molar-refractivity contribution in [2.75, 3.05) is 23.4 Å². The van der Waals surface area contributed by atoms with Crippen LogP contribution in [0.4, 0.5) is 11.4 Å². The molecule has 1 heterocycles. The van der Waals surface area contributed by atoms with Gasteiger partial charge in [0.25, 0.3) is 5.91 Å². The van der Waals surface area contributed by atoms with Crippen LogP contribution in [0.25, 0.3) is 0 Å². The van der Waals surface area contributed by atoms with Gasteiger partial charge in [0.2, 0.25) is 5.91 Å². The van der Waals surface area contributed by atoms with Gasteiger partial charge in [0.1, 0.15) is 5.75 Å². The Hall–Kier alpha value is -1.86. The molecule has 7 heteroatoms. The monoisotopic (exact) mass is 480 g/mol. The largest absolute Gasteiger partial charge is 0.481 e. The van der Waals surface area contributed by atoms with Gasteiger partial charge in [-0.25, -0.2) is 0 Å². The minimum atomic E-state index is -0.255. The van der Waals surface area contributed by atoms with Crippen LogP contribution in [0, 0.1) is 6.92 Å². The number of carbonyl (C=O) groups is 2. The van der Waals surface area contributed by atoms with Crippen LogP contribution in [-0.4, -0.2) is 25.0 Å². The number of carbonyl (C=O) groups excluding carboxylic acids is 2. The zero-order valence-electron chi connectivity index (χ0n) is 14.2. The summed E-state index contributed by atoms with van der Waals surface area (Å²) < 4.78 is 7.19. The second-order valence-electron chi connectivity index (χ2n) is 6.09. The molecule has 5 nitrogen and oxygen atoms in total. The van der Waals surface area contributed by atoms with E-state index in [0.717, 1.165) is 33.2 Å². The number of hydrogen-bond donors (Lipinski definition) is 1. The van der Waals surface area contributed by atoms with E-state index in [1.807, 2.05) is 31.2 Å². The fraction of sp³-hybridized carbons (Fsp3) is 0.263. The first kappa shape index (κ1) is 18.9. The van der Waals surface area contributed by atoms with Crippen molar-refractivity contribution < 1.29 is 14.3 Å². The van der Waals surface area contributed by atoms with Crippen LogP contribution in [0.15, 0.2) is 45.3 Å². The molecule has 0 aliphatic carbocycles. The van der Waals surface area contributed by atoms with Crippen molar-refractivity contribution in [1.29, 1.82) is 0 Å². The molecule has 136 valence electrons. The molecule has 0 atom stereocenters. The molecule has 3 rings (SSSR count). The average molecular weight is 482 g/mol. The summed E-state index contributed by atoms with van der Waals surface area (Å²) in [7, 11) is 0. The van der Waals surface area contributed by atoms with E-state index in [1.165, 1.54) is 0 Å². The Bertz CT molecular complexity index is 814. The van der Waals surface area contributed by atoms with Crippen LogP contribution < -0.4 is 15.0 Å². The van der Waals surface area contributed by atoms with E-state index in [2.05, 4.69) is 37.2 Å². The van der Waals surface area contributed by atoms with Crippen molar-refractivity contribution in [3.8, 4) is 5.75 Å². The molecule has 1 saturated heterocycles. The molecule has 0 unspecified atom stereocenters. The van der Waals surface area contributed by atoms with Gasteiger partial charge in [-0.15, -0.1) is 0 Å². The Labute approximate surface area is 169 Å². The molecule has 2 amide bonds. The second kappa shape index (κ2) is 8.22. The van der Waals surface area contributed by atoms with E-state index < -0.39 is 0 Å². The van der Waals surface area contributed by atoms with Crippen LogP contribution in [-0.2, 0) is 9.59 Å². The third-order valence-electron chi connectivity index (χ3n) is 4.03. The summed E-state index contributed by atoms with van der Waals surface area (Å²) in [6.07, 6.45) is 1.48. The Morgan fingerprint density at radius 2 is 1.85 bits per heavy atom. The lowest BCUT2D eigenvalue weighted by molar-refractivity contribution is -0.118. The lowest BCUT2D eigenvalue weighted by Gasteiger charge is -2.16. The molecule has 2 aromatic rings. The first-order valence-corrected chi connectivity index (χ1v) is 9.81. The van der Waals surface area contributed by atoms with Crippen LogP contribution >= 0.6 is 31.9 Å². The summed E-state index contributed by atoms with van der Waals surface area (Å²) in [6, 6.07) is 11.1. The van der Waals surface area contributed by atoms with Crippen molar-refractivity contribution in [3.05, 3.63) is 50.9 Å². The molecule has 1 aliphatic heterocycles. The normalized spacial score (nSPS) is 13.8. The van der Waals surface area contributed by atoms with Gasteiger partial charge >= 0.3 is 0 Å². The first-order valence-electron chi connectivity index (χ1n) is 8.23. The van der Waals surface area contributed by atoms with E-state index in [0.29, 0.717) is 17.9 Å². The Morgan fingerprint density at radius 1 is 1.19 bits per heavy atom. The number of rotatable bonds is 5. The molecule has 0 aromatic heterocycles. The number of amides is 2. The van der Waals surface area contributed by atoms with Gasteiger partial charge in [-0.3, -0.25) is 9.59 Å². The van der Waals surface area contributed by atoms with Crippen molar-refractivity contribution in [2.24, 2.45) is 0 Å². The van der Waals surface area contributed by atoms with Crippen LogP contribution in [0.1, 0.15) is 18.4 Å². The summed E-state index contributed by atoms with van der Waals surface area (Å²) in [4.78, 5) is 25.7. The molecular formula is C19H18Br2N2O3. The maximum Gasteiger partial charge on any atom is 0.262 e. The molecule has 1 aliphatic rings. The zero-order valence-corrected chi connectivity index (χ0v) is 17.4. The number of nitrogens with zero attached hydrogens (tertiary/aromatic N) is 1. The quantitative estimate of drug-likeness (QED) is 0.675. The second-order valence-corrected chi connectivity index (χ2v) is 7.80. The number of aryl methyl sites for hydroxylation is 1. The van der Waals surface area contributed by atoms with E-state index in [1.54, 1.807) is 17.0 Å².